The van der Waals surface area contributed by atoms with Crippen LogP contribution in [0.2, 0.25) is 0 Å². The summed E-state index contributed by atoms with van der Waals surface area (Å²) in [6, 6.07) is 11.7. The molecule has 0 saturated heterocycles. The van der Waals surface area contributed by atoms with Gasteiger partial charge in [0.15, 0.2) is 17.3 Å². The minimum absolute atomic E-state index is 0.0338. The highest BCUT2D eigenvalue weighted by Gasteiger charge is 2.26. The molecule has 0 radical (unpaired) electrons. The number of rotatable bonds is 5. The van der Waals surface area contributed by atoms with Crippen molar-refractivity contribution in [2.24, 2.45) is 0 Å². The molecule has 0 spiro atoms. The van der Waals surface area contributed by atoms with Crippen LogP contribution in [-0.4, -0.2) is 44.6 Å². The summed E-state index contributed by atoms with van der Waals surface area (Å²) in [4.78, 5) is 20.0. The van der Waals surface area contributed by atoms with Gasteiger partial charge in [0.05, 0.1) is 24.5 Å². The zero-order valence-corrected chi connectivity index (χ0v) is 17.0. The molecular weight excluding hydrogens is 406 g/mol. The summed E-state index contributed by atoms with van der Waals surface area (Å²) in [7, 11) is 0. The summed E-state index contributed by atoms with van der Waals surface area (Å²) in [5, 5.41) is 18.4. The molecule has 4 heterocycles. The van der Waals surface area contributed by atoms with E-state index in [1.807, 2.05) is 41.0 Å². The van der Waals surface area contributed by atoms with Crippen LogP contribution in [0.1, 0.15) is 24.4 Å². The van der Waals surface area contributed by atoms with Gasteiger partial charge in [-0.2, -0.15) is 15.0 Å². The van der Waals surface area contributed by atoms with Gasteiger partial charge in [-0.1, -0.05) is 12.1 Å². The Labute approximate surface area is 182 Å². The van der Waals surface area contributed by atoms with Crippen LogP contribution in [-0.2, 0) is 6.61 Å². The largest absolute Gasteiger partial charge is 0.392 e. The van der Waals surface area contributed by atoms with Crippen molar-refractivity contribution < 1.29 is 5.11 Å². The van der Waals surface area contributed by atoms with Crippen molar-refractivity contribution in [1.29, 1.82) is 0 Å². The highest BCUT2D eigenvalue weighted by atomic mass is 16.3. The first kappa shape index (κ1) is 18.6. The number of nitrogens with zero attached hydrogens (tertiary/aromatic N) is 8. The van der Waals surface area contributed by atoms with Gasteiger partial charge in [0.1, 0.15) is 16.9 Å². The molecule has 0 bridgehead atoms. The number of anilines is 1. The molecule has 10 nitrogen and oxygen atoms in total. The smallest absolute Gasteiger partial charge is 0.169 e. The van der Waals surface area contributed by atoms with E-state index in [-0.39, 0.29) is 12.4 Å². The first-order valence-corrected chi connectivity index (χ1v) is 10.3. The number of fused-ring (bicyclic) bond motifs is 1. The van der Waals surface area contributed by atoms with E-state index in [0.29, 0.717) is 40.1 Å². The second-order valence-electron chi connectivity index (χ2n) is 7.71. The molecule has 1 aliphatic rings. The van der Waals surface area contributed by atoms with Crippen LogP contribution >= 0.6 is 0 Å². The minimum atomic E-state index is -0.0338. The number of aliphatic hydroxyl groups excluding tert-OH is 1. The quantitative estimate of drug-likeness (QED) is 0.439. The van der Waals surface area contributed by atoms with Crippen molar-refractivity contribution in [3.05, 3.63) is 60.6 Å². The van der Waals surface area contributed by atoms with Gasteiger partial charge in [0.2, 0.25) is 0 Å². The zero-order valence-electron chi connectivity index (χ0n) is 17.0. The van der Waals surface area contributed by atoms with Gasteiger partial charge in [-0.15, -0.1) is 0 Å². The average Bonchev–Trinajstić information content (AvgIpc) is 3.44. The van der Waals surface area contributed by atoms with E-state index in [9.17, 15) is 5.11 Å². The molecule has 6 rings (SSSR count). The third-order valence-corrected chi connectivity index (χ3v) is 5.46. The number of nitrogen functional groups attached to an aromatic ring is 1. The fourth-order valence-corrected chi connectivity index (χ4v) is 3.65. The Hall–Kier alpha value is -4.18. The Balaban J connectivity index is 1.56. The average molecular weight is 425 g/mol. The number of hydrogen-bond acceptors (Lipinski definition) is 8. The number of nitrogens with two attached hydrogens (primary N) is 1. The van der Waals surface area contributed by atoms with Gasteiger partial charge in [0.25, 0.3) is 0 Å². The highest BCUT2D eigenvalue weighted by Crippen LogP contribution is 2.34. The van der Waals surface area contributed by atoms with Crippen LogP contribution in [0, 0.1) is 0 Å². The van der Waals surface area contributed by atoms with E-state index >= 15 is 0 Å². The second kappa shape index (κ2) is 7.20. The predicted molar refractivity (Wildman–Crippen MR) is 118 cm³/mol. The number of benzene rings is 1. The Kier molecular flexibility index (Phi) is 4.18. The Morgan fingerprint density at radius 1 is 0.969 bits per heavy atom. The predicted octanol–water partition coefficient (Wildman–Crippen LogP) is 2.55. The molecule has 4 aromatic heterocycles. The maximum atomic E-state index is 9.43. The molecule has 1 aromatic carbocycles. The van der Waals surface area contributed by atoms with Crippen molar-refractivity contribution >= 4 is 17.0 Å². The van der Waals surface area contributed by atoms with Gasteiger partial charge >= 0.3 is 0 Å². The van der Waals surface area contributed by atoms with Crippen LogP contribution < -0.4 is 5.73 Å². The fourth-order valence-electron chi connectivity index (χ4n) is 3.65. The van der Waals surface area contributed by atoms with Crippen molar-refractivity contribution in [3.8, 4) is 28.6 Å². The summed E-state index contributed by atoms with van der Waals surface area (Å²) in [6.07, 6.45) is 7.09. The third-order valence-electron chi connectivity index (χ3n) is 5.46. The van der Waals surface area contributed by atoms with E-state index in [0.717, 1.165) is 24.1 Å². The first-order valence-electron chi connectivity index (χ1n) is 10.3. The summed E-state index contributed by atoms with van der Waals surface area (Å²) in [5.41, 5.74) is 11.0. The molecule has 32 heavy (non-hydrogen) atoms. The van der Waals surface area contributed by atoms with Crippen LogP contribution in [0.4, 0.5) is 5.82 Å². The Morgan fingerprint density at radius 3 is 2.53 bits per heavy atom. The molecule has 1 fully saturated rings. The maximum absolute atomic E-state index is 9.43. The molecule has 10 heteroatoms. The van der Waals surface area contributed by atoms with Crippen LogP contribution in [0.3, 0.4) is 0 Å². The van der Waals surface area contributed by atoms with Gasteiger partial charge in [-0.05, 0) is 42.7 Å². The number of imidazole rings is 1. The summed E-state index contributed by atoms with van der Waals surface area (Å²) < 4.78 is 1.89. The second-order valence-corrected chi connectivity index (χ2v) is 7.71. The van der Waals surface area contributed by atoms with Gasteiger partial charge in [0, 0.05) is 18.1 Å². The number of aliphatic hydroxyl groups is 1. The summed E-state index contributed by atoms with van der Waals surface area (Å²) in [5.74, 6) is 0.817. The molecule has 1 aliphatic carbocycles. The lowest BCUT2D eigenvalue weighted by Gasteiger charge is -2.10. The van der Waals surface area contributed by atoms with E-state index in [1.165, 1.54) is 0 Å². The molecule has 3 N–H and O–H groups in total. The summed E-state index contributed by atoms with van der Waals surface area (Å²) in [6.45, 7) is -0.0338. The van der Waals surface area contributed by atoms with E-state index < -0.39 is 0 Å². The number of hydrogen-bond donors (Lipinski definition) is 2. The molecule has 0 unspecified atom stereocenters. The maximum Gasteiger partial charge on any atom is 0.169 e. The first-order chi connectivity index (χ1) is 15.7. The molecule has 1 saturated carbocycles. The fraction of sp³-hybridized carbons (Fsp3) is 0.182. The monoisotopic (exact) mass is 425 g/mol. The van der Waals surface area contributed by atoms with E-state index in [1.54, 1.807) is 23.4 Å². The number of aromatic nitrogens is 8. The SMILES string of the molecule is Nc1nccnc1-c1nc2ccc(-c3cnn(C4CC4)n3)nc2n1-c1ccc(CO)cc1. The van der Waals surface area contributed by atoms with Crippen LogP contribution in [0.5, 0.6) is 0 Å². The van der Waals surface area contributed by atoms with Crippen LogP contribution in [0.25, 0.3) is 39.8 Å². The van der Waals surface area contributed by atoms with Crippen molar-refractivity contribution in [2.75, 3.05) is 5.73 Å². The minimum Gasteiger partial charge on any atom is -0.392 e. The topological polar surface area (TPSA) is 133 Å². The van der Waals surface area contributed by atoms with Crippen molar-refractivity contribution in [3.63, 3.8) is 0 Å². The third kappa shape index (κ3) is 3.08. The van der Waals surface area contributed by atoms with E-state index in [2.05, 4.69) is 20.2 Å². The Bertz CT molecular complexity index is 1430. The molecule has 5 aromatic rings. The molecule has 0 amide bonds. The van der Waals surface area contributed by atoms with E-state index in [4.69, 9.17) is 15.7 Å². The zero-order chi connectivity index (χ0) is 21.7. The van der Waals surface area contributed by atoms with Gasteiger partial charge in [-0.25, -0.2) is 19.9 Å². The van der Waals surface area contributed by atoms with Crippen LogP contribution in [0.15, 0.2) is 55.0 Å². The number of pyridine rings is 1. The molecular formula is C22H19N9O. The van der Waals surface area contributed by atoms with Gasteiger partial charge in [-0.3, -0.25) is 4.57 Å². The lowest BCUT2D eigenvalue weighted by molar-refractivity contribution is 0.282. The van der Waals surface area contributed by atoms with Crippen molar-refractivity contribution in [1.82, 2.24) is 39.5 Å². The standard InChI is InChI=1S/C22H19N9O/c23-20-19(24-9-10-25-20)22-28-17-8-7-16(18-11-26-31(29-18)15-5-6-15)27-21(17)30(22)14-3-1-13(12-32)2-4-14/h1-4,7-11,15,32H,5-6,12H2,(H2,23,25). The Morgan fingerprint density at radius 2 is 1.78 bits per heavy atom. The van der Waals surface area contributed by atoms with Gasteiger partial charge < -0.3 is 10.8 Å². The molecule has 0 atom stereocenters. The highest BCUT2D eigenvalue weighted by molar-refractivity contribution is 5.83. The normalized spacial score (nSPS) is 13.7. The molecule has 0 aliphatic heterocycles. The van der Waals surface area contributed by atoms with Crippen molar-refractivity contribution in [2.45, 2.75) is 25.5 Å². The summed E-state index contributed by atoms with van der Waals surface area (Å²) >= 11 is 0. The lowest BCUT2D eigenvalue weighted by atomic mass is 10.2. The lowest BCUT2D eigenvalue weighted by Crippen LogP contribution is -2.04. The molecule has 158 valence electrons.